The minimum Gasteiger partial charge on any atom is -0.450 e. The number of alkyl carbamates (subject to hydrolysis) is 1. The fourth-order valence-corrected chi connectivity index (χ4v) is 2.83. The molecule has 1 heterocycles. The number of carbonyl (C=O) groups is 1. The summed E-state index contributed by atoms with van der Waals surface area (Å²) in [7, 11) is -3.15. The van der Waals surface area contributed by atoms with Crippen LogP contribution in [0.1, 0.15) is 25.7 Å². The molecule has 104 valence electrons. The lowest BCUT2D eigenvalue weighted by molar-refractivity contribution is 0.142. The first-order chi connectivity index (χ1) is 8.53. The summed E-state index contributed by atoms with van der Waals surface area (Å²) in [5.74, 6) is -0.0986. The van der Waals surface area contributed by atoms with Gasteiger partial charge in [0.15, 0.2) is 9.84 Å². The van der Waals surface area contributed by atoms with Crippen molar-refractivity contribution >= 4 is 15.9 Å². The summed E-state index contributed by atoms with van der Waals surface area (Å²) in [5, 5.41) is 12.1. The number of aliphatic hydroxyl groups is 1. The number of hydrogen-bond donors (Lipinski definition) is 2. The molecular formula is C11H19NO5S. The first-order valence-corrected chi connectivity index (χ1v) is 7.70. The average molecular weight is 277 g/mol. The van der Waals surface area contributed by atoms with Crippen LogP contribution in [0.15, 0.2) is 11.5 Å². The average Bonchev–Trinajstić information content (AvgIpc) is 2.63. The maximum Gasteiger partial charge on any atom is 0.407 e. The zero-order valence-corrected chi connectivity index (χ0v) is 11.0. The van der Waals surface area contributed by atoms with Gasteiger partial charge >= 0.3 is 6.09 Å². The van der Waals surface area contributed by atoms with Crippen LogP contribution in [0.2, 0.25) is 0 Å². The van der Waals surface area contributed by atoms with Crippen molar-refractivity contribution in [2.24, 2.45) is 0 Å². The van der Waals surface area contributed by atoms with Crippen molar-refractivity contribution in [2.75, 3.05) is 19.0 Å². The van der Waals surface area contributed by atoms with E-state index in [1.807, 2.05) is 0 Å². The van der Waals surface area contributed by atoms with Gasteiger partial charge in [-0.15, -0.1) is 0 Å². The van der Waals surface area contributed by atoms with E-state index in [0.717, 1.165) is 31.1 Å². The highest BCUT2D eigenvalue weighted by Gasteiger charge is 2.23. The van der Waals surface area contributed by atoms with Gasteiger partial charge in [-0.25, -0.2) is 13.2 Å². The van der Waals surface area contributed by atoms with Crippen molar-refractivity contribution in [3.63, 3.8) is 0 Å². The van der Waals surface area contributed by atoms with Crippen LogP contribution in [0.3, 0.4) is 0 Å². The summed E-state index contributed by atoms with van der Waals surface area (Å²) in [6.45, 7) is 0.490. The second kappa shape index (κ2) is 7.38. The second-order valence-corrected chi connectivity index (χ2v) is 6.11. The molecule has 2 N–H and O–H groups in total. The zero-order chi connectivity index (χ0) is 13.4. The third-order valence-electron chi connectivity index (χ3n) is 2.52. The molecule has 0 aliphatic carbocycles. The number of hydrogen-bond acceptors (Lipinski definition) is 5. The molecule has 0 bridgehead atoms. The van der Waals surface area contributed by atoms with Crippen LogP contribution < -0.4 is 5.32 Å². The van der Waals surface area contributed by atoms with E-state index in [2.05, 4.69) is 5.32 Å². The summed E-state index contributed by atoms with van der Waals surface area (Å²) < 4.78 is 27.1. The molecule has 6 nitrogen and oxygen atoms in total. The van der Waals surface area contributed by atoms with E-state index >= 15 is 0 Å². The molecule has 7 heteroatoms. The molecule has 0 fully saturated rings. The van der Waals surface area contributed by atoms with E-state index in [1.54, 1.807) is 0 Å². The van der Waals surface area contributed by atoms with Gasteiger partial charge in [-0.05, 0) is 25.3 Å². The smallest absolute Gasteiger partial charge is 0.407 e. The van der Waals surface area contributed by atoms with Crippen LogP contribution in [-0.2, 0) is 14.6 Å². The van der Waals surface area contributed by atoms with Crippen LogP contribution in [0.4, 0.5) is 4.79 Å². The summed E-state index contributed by atoms with van der Waals surface area (Å²) >= 11 is 0. The van der Waals surface area contributed by atoms with Crippen LogP contribution in [0.5, 0.6) is 0 Å². The molecule has 1 unspecified atom stereocenters. The van der Waals surface area contributed by atoms with Gasteiger partial charge in [-0.3, -0.25) is 0 Å². The molecule has 0 aromatic carbocycles. The van der Waals surface area contributed by atoms with Gasteiger partial charge in [0.05, 0.1) is 18.4 Å². The Morgan fingerprint density at radius 1 is 1.33 bits per heavy atom. The number of unbranched alkanes of at least 4 members (excludes halogenated alkanes) is 3. The fourth-order valence-electron chi connectivity index (χ4n) is 1.59. The first-order valence-electron chi connectivity index (χ1n) is 5.98. The van der Waals surface area contributed by atoms with Gasteiger partial charge in [-0.1, -0.05) is 6.42 Å². The van der Waals surface area contributed by atoms with E-state index in [0.29, 0.717) is 6.61 Å². The van der Waals surface area contributed by atoms with Crippen LogP contribution in [-0.4, -0.2) is 44.6 Å². The lowest BCUT2D eigenvalue weighted by atomic mass is 10.2. The highest BCUT2D eigenvalue weighted by Crippen LogP contribution is 2.08. The molecule has 1 rings (SSSR count). The largest absolute Gasteiger partial charge is 0.450 e. The minimum atomic E-state index is -3.15. The Labute approximate surface area is 107 Å². The number of ether oxygens (including phenoxy) is 1. The van der Waals surface area contributed by atoms with Crippen molar-refractivity contribution in [2.45, 2.75) is 31.7 Å². The summed E-state index contributed by atoms with van der Waals surface area (Å²) in [4.78, 5) is 11.3. The standard InChI is InChI=1S/C11H19NO5S/c13-6-3-1-2-4-7-17-11(14)12-10-5-8-18(15,16)9-10/h5,8,10,13H,1-4,6-7,9H2,(H,12,14). The number of rotatable bonds is 7. The maximum absolute atomic E-state index is 11.3. The van der Waals surface area contributed by atoms with E-state index in [1.165, 1.54) is 6.08 Å². The lowest BCUT2D eigenvalue weighted by Crippen LogP contribution is -2.36. The number of sulfone groups is 1. The molecule has 0 aromatic rings. The molecule has 1 atom stereocenters. The van der Waals surface area contributed by atoms with Crippen molar-refractivity contribution in [3.05, 3.63) is 11.5 Å². The Hall–Kier alpha value is -1.08. The molecule has 18 heavy (non-hydrogen) atoms. The Kier molecular flexibility index (Phi) is 6.14. The maximum atomic E-state index is 11.3. The Morgan fingerprint density at radius 3 is 2.67 bits per heavy atom. The molecule has 0 saturated carbocycles. The van der Waals surface area contributed by atoms with Gasteiger partial charge in [0.25, 0.3) is 0 Å². The molecule has 0 aromatic heterocycles. The monoisotopic (exact) mass is 277 g/mol. The number of nitrogens with one attached hydrogen (secondary N) is 1. The molecular weight excluding hydrogens is 258 g/mol. The van der Waals surface area contributed by atoms with Crippen molar-refractivity contribution in [3.8, 4) is 0 Å². The molecule has 1 aliphatic heterocycles. The predicted octanol–water partition coefficient (Wildman–Crippen LogP) is 0.576. The van der Waals surface area contributed by atoms with E-state index in [-0.39, 0.29) is 12.4 Å². The van der Waals surface area contributed by atoms with Gasteiger partial charge in [0, 0.05) is 12.0 Å². The third-order valence-corrected chi connectivity index (χ3v) is 3.91. The van der Waals surface area contributed by atoms with Crippen molar-refractivity contribution in [1.82, 2.24) is 5.32 Å². The Bertz CT molecular complexity index is 390. The molecule has 1 amide bonds. The Morgan fingerprint density at radius 2 is 2.06 bits per heavy atom. The van der Waals surface area contributed by atoms with Crippen molar-refractivity contribution in [1.29, 1.82) is 0 Å². The van der Waals surface area contributed by atoms with E-state index in [4.69, 9.17) is 9.84 Å². The van der Waals surface area contributed by atoms with Gasteiger partial charge in [0.2, 0.25) is 0 Å². The van der Waals surface area contributed by atoms with E-state index in [9.17, 15) is 13.2 Å². The van der Waals surface area contributed by atoms with Crippen LogP contribution in [0.25, 0.3) is 0 Å². The van der Waals surface area contributed by atoms with Crippen molar-refractivity contribution < 1.29 is 23.1 Å². The molecule has 0 spiro atoms. The zero-order valence-electron chi connectivity index (χ0n) is 10.2. The number of amides is 1. The number of aliphatic hydroxyl groups excluding tert-OH is 1. The fraction of sp³-hybridized carbons (Fsp3) is 0.727. The normalized spacial score (nSPS) is 20.8. The predicted molar refractivity (Wildman–Crippen MR) is 66.8 cm³/mol. The van der Waals surface area contributed by atoms with Gasteiger partial charge in [0.1, 0.15) is 0 Å². The molecule has 0 radical (unpaired) electrons. The third kappa shape index (κ3) is 6.02. The van der Waals surface area contributed by atoms with E-state index < -0.39 is 22.0 Å². The number of carbonyl (C=O) groups excluding carboxylic acids is 1. The quantitative estimate of drug-likeness (QED) is 0.664. The summed E-state index contributed by atoms with van der Waals surface area (Å²) in [6.07, 6.45) is 4.15. The summed E-state index contributed by atoms with van der Waals surface area (Å²) in [5.41, 5.74) is 0. The minimum absolute atomic E-state index is 0.0986. The summed E-state index contributed by atoms with van der Waals surface area (Å²) in [6, 6.07) is -0.489. The van der Waals surface area contributed by atoms with Gasteiger partial charge < -0.3 is 15.2 Å². The lowest BCUT2D eigenvalue weighted by Gasteiger charge is -2.10. The first kappa shape index (κ1) is 15.0. The second-order valence-electron chi connectivity index (χ2n) is 4.18. The molecule has 0 saturated heterocycles. The highest BCUT2D eigenvalue weighted by atomic mass is 32.2. The van der Waals surface area contributed by atoms with Crippen LogP contribution >= 0.6 is 0 Å². The molecule has 1 aliphatic rings. The van der Waals surface area contributed by atoms with Crippen LogP contribution in [0, 0.1) is 0 Å². The van der Waals surface area contributed by atoms with Gasteiger partial charge in [-0.2, -0.15) is 0 Å². The topological polar surface area (TPSA) is 92.7 Å². The Balaban J connectivity index is 2.06. The SMILES string of the molecule is O=C(NC1C=CS(=O)(=O)C1)OCCCCCCO. The highest BCUT2D eigenvalue weighted by molar-refractivity contribution is 7.94.